The highest BCUT2D eigenvalue weighted by Gasteiger charge is 1.84. The van der Waals surface area contributed by atoms with Crippen LogP contribution in [-0.2, 0) is 0 Å². The van der Waals surface area contributed by atoms with Crippen LogP contribution < -0.4 is 0 Å². The topological polar surface area (TPSA) is 36.2 Å². The number of nitrogens with zero attached hydrogens (tertiary/aromatic N) is 1. The summed E-state index contributed by atoms with van der Waals surface area (Å²) in [6.07, 6.45) is 0. The van der Waals surface area contributed by atoms with Crippen molar-refractivity contribution >= 4 is 5.69 Å². The smallest absolute Gasteiger partial charge is 0.0850 e. The Kier molecular flexibility index (Phi) is 1.58. The van der Waals surface area contributed by atoms with Gasteiger partial charge in [-0.1, -0.05) is 17.7 Å². The van der Waals surface area contributed by atoms with Gasteiger partial charge >= 0.3 is 0 Å². The highest BCUT2D eigenvalue weighted by molar-refractivity contribution is 5.37. The van der Waals surface area contributed by atoms with Crippen molar-refractivity contribution in [1.29, 1.82) is 5.53 Å². The van der Waals surface area contributed by atoms with Gasteiger partial charge in [-0.2, -0.15) is 5.11 Å². The van der Waals surface area contributed by atoms with Crippen LogP contribution in [0.15, 0.2) is 29.4 Å². The van der Waals surface area contributed by atoms with E-state index in [4.69, 9.17) is 5.53 Å². The molecule has 0 fully saturated rings. The Balaban J connectivity index is 3.01. The van der Waals surface area contributed by atoms with Gasteiger partial charge in [0.15, 0.2) is 0 Å². The van der Waals surface area contributed by atoms with E-state index in [1.54, 1.807) is 0 Å². The van der Waals surface area contributed by atoms with Gasteiger partial charge in [0.05, 0.1) is 5.69 Å². The molecule has 0 radical (unpaired) electrons. The lowest BCUT2D eigenvalue weighted by Crippen LogP contribution is -1.66. The van der Waals surface area contributed by atoms with Crippen molar-refractivity contribution < 1.29 is 0 Å². The van der Waals surface area contributed by atoms with Gasteiger partial charge in [-0.15, -0.1) is 0 Å². The highest BCUT2D eigenvalue weighted by Crippen LogP contribution is 2.10. The summed E-state index contributed by atoms with van der Waals surface area (Å²) in [5.41, 5.74) is 8.54. The van der Waals surface area contributed by atoms with E-state index in [0.717, 1.165) is 0 Å². The lowest BCUT2D eigenvalue weighted by Gasteiger charge is -1.89. The van der Waals surface area contributed by atoms with Crippen LogP contribution in [0.4, 0.5) is 5.69 Å². The predicted octanol–water partition coefficient (Wildman–Crippen LogP) is 2.66. The second-order valence-corrected chi connectivity index (χ2v) is 1.95. The summed E-state index contributed by atoms with van der Waals surface area (Å²) in [6.45, 7) is 2.01. The van der Waals surface area contributed by atoms with E-state index in [9.17, 15) is 0 Å². The quantitative estimate of drug-likeness (QED) is 0.553. The molecular formula is C7H8N2. The van der Waals surface area contributed by atoms with Gasteiger partial charge in [-0.05, 0) is 19.1 Å². The van der Waals surface area contributed by atoms with Crippen LogP contribution in [0.25, 0.3) is 0 Å². The van der Waals surface area contributed by atoms with Crippen molar-refractivity contribution in [2.45, 2.75) is 6.92 Å². The molecule has 0 amide bonds. The second kappa shape index (κ2) is 2.40. The standard InChI is InChI=1S/C7H8N2/c1-6-2-4-7(9-8)5-3-6/h2-5,8H,1H3. The van der Waals surface area contributed by atoms with Crippen molar-refractivity contribution in [3.8, 4) is 0 Å². The third kappa shape index (κ3) is 1.35. The minimum absolute atomic E-state index is 0.709. The van der Waals surface area contributed by atoms with Crippen molar-refractivity contribution in [2.24, 2.45) is 5.11 Å². The van der Waals surface area contributed by atoms with E-state index < -0.39 is 0 Å². The van der Waals surface area contributed by atoms with Crippen LogP contribution in [-0.4, -0.2) is 0 Å². The average Bonchev–Trinajstić information content (AvgIpc) is 1.90. The number of benzene rings is 1. The third-order valence-corrected chi connectivity index (χ3v) is 1.16. The van der Waals surface area contributed by atoms with E-state index in [1.165, 1.54) is 5.56 Å². The first kappa shape index (κ1) is 5.95. The molecule has 0 aromatic heterocycles. The molecular weight excluding hydrogens is 112 g/mol. The van der Waals surface area contributed by atoms with E-state index >= 15 is 0 Å². The number of hydrogen-bond donors (Lipinski definition) is 1. The largest absolute Gasteiger partial charge is 0.204 e. The SMILES string of the molecule is Cc1ccc(N=N)cc1. The molecule has 0 unspecified atom stereocenters. The first-order valence-corrected chi connectivity index (χ1v) is 2.77. The van der Waals surface area contributed by atoms with Crippen molar-refractivity contribution in [3.63, 3.8) is 0 Å². The molecule has 1 N–H and O–H groups in total. The summed E-state index contributed by atoms with van der Waals surface area (Å²) >= 11 is 0. The normalized spacial score (nSPS) is 9.00. The predicted molar refractivity (Wildman–Crippen MR) is 36.0 cm³/mol. The summed E-state index contributed by atoms with van der Waals surface area (Å²) < 4.78 is 0. The maximum atomic E-state index is 6.64. The molecule has 1 aromatic rings. The fraction of sp³-hybridized carbons (Fsp3) is 0.143. The molecule has 0 spiro atoms. The van der Waals surface area contributed by atoms with Crippen LogP contribution >= 0.6 is 0 Å². The number of nitrogens with one attached hydrogen (secondary N) is 1. The summed E-state index contributed by atoms with van der Waals surface area (Å²) in [5, 5.41) is 3.26. The van der Waals surface area contributed by atoms with Crippen LogP contribution in [0, 0.1) is 12.5 Å². The van der Waals surface area contributed by atoms with Crippen molar-refractivity contribution in [2.75, 3.05) is 0 Å². The number of rotatable bonds is 1. The highest BCUT2D eigenvalue weighted by atomic mass is 14.9. The molecule has 0 aliphatic carbocycles. The lowest BCUT2D eigenvalue weighted by molar-refractivity contribution is 1.15. The van der Waals surface area contributed by atoms with Crippen LogP contribution in [0.5, 0.6) is 0 Å². The van der Waals surface area contributed by atoms with Gasteiger partial charge in [0.2, 0.25) is 0 Å². The zero-order valence-corrected chi connectivity index (χ0v) is 5.26. The minimum atomic E-state index is 0.709. The summed E-state index contributed by atoms with van der Waals surface area (Å²) in [6, 6.07) is 7.52. The molecule has 0 saturated carbocycles. The fourth-order valence-electron chi connectivity index (χ4n) is 0.619. The molecule has 0 aliphatic heterocycles. The minimum Gasteiger partial charge on any atom is -0.204 e. The first-order chi connectivity index (χ1) is 4.33. The van der Waals surface area contributed by atoms with E-state index in [-0.39, 0.29) is 0 Å². The summed E-state index contributed by atoms with van der Waals surface area (Å²) in [4.78, 5) is 0. The Labute approximate surface area is 54.0 Å². The third-order valence-electron chi connectivity index (χ3n) is 1.16. The van der Waals surface area contributed by atoms with Crippen LogP contribution in [0.2, 0.25) is 0 Å². The molecule has 0 bridgehead atoms. The molecule has 0 saturated heterocycles. The van der Waals surface area contributed by atoms with Crippen LogP contribution in [0.1, 0.15) is 5.56 Å². The molecule has 2 heteroatoms. The monoisotopic (exact) mass is 120 g/mol. The Hall–Kier alpha value is -1.18. The van der Waals surface area contributed by atoms with E-state index in [0.29, 0.717) is 5.69 Å². The molecule has 0 aliphatic rings. The molecule has 0 heterocycles. The maximum absolute atomic E-state index is 6.64. The Morgan fingerprint density at radius 2 is 1.78 bits per heavy atom. The maximum Gasteiger partial charge on any atom is 0.0850 e. The van der Waals surface area contributed by atoms with Gasteiger partial charge in [0.25, 0.3) is 0 Å². The molecule has 9 heavy (non-hydrogen) atoms. The lowest BCUT2D eigenvalue weighted by atomic mass is 10.2. The Morgan fingerprint density at radius 3 is 2.22 bits per heavy atom. The van der Waals surface area contributed by atoms with Crippen molar-refractivity contribution in [1.82, 2.24) is 0 Å². The van der Waals surface area contributed by atoms with Gasteiger partial charge < -0.3 is 0 Å². The zero-order chi connectivity index (χ0) is 6.69. The fourth-order valence-corrected chi connectivity index (χ4v) is 0.619. The number of hydrogen-bond acceptors (Lipinski definition) is 2. The molecule has 1 aromatic carbocycles. The van der Waals surface area contributed by atoms with Gasteiger partial charge in [-0.25, -0.2) is 5.53 Å². The Morgan fingerprint density at radius 1 is 1.22 bits per heavy atom. The Bertz CT molecular complexity index is 201. The van der Waals surface area contributed by atoms with Crippen LogP contribution in [0.3, 0.4) is 0 Å². The molecule has 0 atom stereocenters. The molecule has 46 valence electrons. The summed E-state index contributed by atoms with van der Waals surface area (Å²) in [5.74, 6) is 0. The zero-order valence-electron chi connectivity index (χ0n) is 5.26. The van der Waals surface area contributed by atoms with Gasteiger partial charge in [-0.3, -0.25) is 0 Å². The summed E-state index contributed by atoms with van der Waals surface area (Å²) in [7, 11) is 0. The average molecular weight is 120 g/mol. The first-order valence-electron chi connectivity index (χ1n) is 2.77. The van der Waals surface area contributed by atoms with E-state index in [1.807, 2.05) is 31.2 Å². The number of aryl methyl sites for hydroxylation is 1. The molecule has 1 rings (SSSR count). The van der Waals surface area contributed by atoms with E-state index in [2.05, 4.69) is 5.11 Å². The van der Waals surface area contributed by atoms with Crippen molar-refractivity contribution in [3.05, 3.63) is 29.8 Å². The van der Waals surface area contributed by atoms with Gasteiger partial charge in [0.1, 0.15) is 0 Å². The second-order valence-electron chi connectivity index (χ2n) is 1.95. The molecule has 2 nitrogen and oxygen atoms in total. The van der Waals surface area contributed by atoms with Gasteiger partial charge in [0, 0.05) is 0 Å².